The molecular weight excluding hydrogens is 438 g/mol. The average molecular weight is 460 g/mol. The van der Waals surface area contributed by atoms with E-state index in [9.17, 15) is 4.79 Å². The Bertz CT molecular complexity index is 1020. The summed E-state index contributed by atoms with van der Waals surface area (Å²) in [6.45, 7) is 1.30. The van der Waals surface area contributed by atoms with Crippen molar-refractivity contribution < 1.29 is 14.2 Å². The Morgan fingerprint density at radius 1 is 1.00 bits per heavy atom. The van der Waals surface area contributed by atoms with E-state index in [0.29, 0.717) is 37.0 Å². The third-order valence-electron chi connectivity index (χ3n) is 4.15. The Labute approximate surface area is 177 Å². The minimum atomic E-state index is -0.173. The average Bonchev–Trinajstić information content (AvgIpc) is 2.74. The van der Waals surface area contributed by atoms with Gasteiger partial charge in [0.1, 0.15) is 18.2 Å². The number of anilines is 1. The topological polar surface area (TPSA) is 74.6 Å². The maximum Gasteiger partial charge on any atom is 0.267 e. The number of ether oxygens (including phenoxy) is 3. The van der Waals surface area contributed by atoms with Crippen molar-refractivity contribution in [2.24, 2.45) is 0 Å². The van der Waals surface area contributed by atoms with Crippen LogP contribution in [0.25, 0.3) is 0 Å². The Hall–Kier alpha value is -3.00. The molecule has 0 unspecified atom stereocenters. The van der Waals surface area contributed by atoms with Crippen molar-refractivity contribution >= 4 is 21.7 Å². The molecule has 0 atom stereocenters. The van der Waals surface area contributed by atoms with Gasteiger partial charge in [-0.05, 0) is 51.8 Å². The van der Waals surface area contributed by atoms with Crippen LogP contribution in [-0.4, -0.2) is 37.2 Å². The predicted octanol–water partition coefficient (Wildman–Crippen LogP) is 3.56. The fraction of sp³-hybridized carbons (Fsp3) is 0.238. The van der Waals surface area contributed by atoms with Crippen LogP contribution in [0.1, 0.15) is 5.56 Å². The van der Waals surface area contributed by atoms with Gasteiger partial charge >= 0.3 is 0 Å². The van der Waals surface area contributed by atoms with Crippen molar-refractivity contribution in [2.45, 2.75) is 6.54 Å². The minimum Gasteiger partial charge on any atom is -0.496 e. The van der Waals surface area contributed by atoms with Gasteiger partial charge in [0.15, 0.2) is 11.5 Å². The molecule has 0 aliphatic rings. The van der Waals surface area contributed by atoms with Gasteiger partial charge in [-0.25, -0.2) is 4.68 Å². The molecule has 3 rings (SSSR count). The number of hydrogen-bond acceptors (Lipinski definition) is 6. The summed E-state index contributed by atoms with van der Waals surface area (Å²) in [5, 5.41) is 7.55. The van der Waals surface area contributed by atoms with Gasteiger partial charge in [0, 0.05) is 6.07 Å². The lowest BCUT2D eigenvalue weighted by molar-refractivity contribution is 0.305. The summed E-state index contributed by atoms with van der Waals surface area (Å²) in [7, 11) is 3.22. The van der Waals surface area contributed by atoms with Crippen LogP contribution < -0.4 is 25.1 Å². The largest absolute Gasteiger partial charge is 0.496 e. The van der Waals surface area contributed by atoms with Crippen molar-refractivity contribution in [1.29, 1.82) is 0 Å². The number of para-hydroxylation sites is 2. The molecule has 8 heteroatoms. The van der Waals surface area contributed by atoms with E-state index < -0.39 is 0 Å². The number of halogens is 1. The molecule has 1 heterocycles. The molecule has 2 aromatic carbocycles. The highest BCUT2D eigenvalue weighted by atomic mass is 79.9. The third kappa shape index (κ3) is 5.51. The van der Waals surface area contributed by atoms with Crippen molar-refractivity contribution in [3.8, 4) is 17.2 Å². The van der Waals surface area contributed by atoms with E-state index in [4.69, 9.17) is 14.2 Å². The van der Waals surface area contributed by atoms with Crippen LogP contribution in [0.5, 0.6) is 17.2 Å². The zero-order chi connectivity index (χ0) is 20.6. The molecule has 0 aliphatic heterocycles. The normalized spacial score (nSPS) is 10.4. The molecule has 1 aromatic heterocycles. The number of hydrogen-bond donors (Lipinski definition) is 1. The lowest BCUT2D eigenvalue weighted by Crippen LogP contribution is -2.24. The molecule has 0 radical (unpaired) electrons. The molecule has 0 fully saturated rings. The monoisotopic (exact) mass is 459 g/mol. The fourth-order valence-corrected chi connectivity index (χ4v) is 3.30. The Balaban J connectivity index is 1.60. The van der Waals surface area contributed by atoms with E-state index in [0.717, 1.165) is 15.8 Å². The van der Waals surface area contributed by atoms with Gasteiger partial charge in [0.25, 0.3) is 5.56 Å². The SMILES string of the molecule is COc1ccc(Cn2nc(NCCOc3ccccc3OC)ccc2=O)cc1Br. The summed E-state index contributed by atoms with van der Waals surface area (Å²) in [6, 6.07) is 16.3. The van der Waals surface area contributed by atoms with Gasteiger partial charge < -0.3 is 19.5 Å². The Morgan fingerprint density at radius 3 is 2.48 bits per heavy atom. The first kappa shape index (κ1) is 20.7. The molecule has 0 aliphatic carbocycles. The number of methoxy groups -OCH3 is 2. The van der Waals surface area contributed by atoms with E-state index in [1.165, 1.54) is 10.7 Å². The van der Waals surface area contributed by atoms with Gasteiger partial charge in [0.05, 0.1) is 31.8 Å². The zero-order valence-electron chi connectivity index (χ0n) is 16.2. The minimum absolute atomic E-state index is 0.173. The first-order valence-corrected chi connectivity index (χ1v) is 9.80. The highest BCUT2D eigenvalue weighted by molar-refractivity contribution is 9.10. The highest BCUT2D eigenvalue weighted by Gasteiger charge is 2.06. The van der Waals surface area contributed by atoms with Gasteiger partial charge in [-0.1, -0.05) is 18.2 Å². The molecule has 0 saturated carbocycles. The second-order valence-electron chi connectivity index (χ2n) is 6.11. The van der Waals surface area contributed by atoms with E-state index in [1.807, 2.05) is 42.5 Å². The zero-order valence-corrected chi connectivity index (χ0v) is 17.8. The number of nitrogens with zero attached hydrogens (tertiary/aromatic N) is 2. The molecule has 0 saturated heterocycles. The third-order valence-corrected chi connectivity index (χ3v) is 4.77. The molecule has 152 valence electrons. The molecular formula is C21H22BrN3O4. The van der Waals surface area contributed by atoms with E-state index >= 15 is 0 Å². The van der Waals surface area contributed by atoms with Gasteiger partial charge in [-0.3, -0.25) is 4.79 Å². The van der Waals surface area contributed by atoms with Crippen LogP contribution in [0, 0.1) is 0 Å². The summed E-state index contributed by atoms with van der Waals surface area (Å²) in [5.41, 5.74) is 0.761. The maximum absolute atomic E-state index is 12.2. The lowest BCUT2D eigenvalue weighted by atomic mass is 10.2. The molecule has 3 aromatic rings. The maximum atomic E-state index is 12.2. The summed E-state index contributed by atoms with van der Waals surface area (Å²) >= 11 is 3.46. The van der Waals surface area contributed by atoms with E-state index in [1.54, 1.807) is 20.3 Å². The van der Waals surface area contributed by atoms with Crippen LogP contribution in [0.2, 0.25) is 0 Å². The quantitative estimate of drug-likeness (QED) is 0.493. The van der Waals surface area contributed by atoms with Crippen molar-refractivity contribution in [3.63, 3.8) is 0 Å². The van der Waals surface area contributed by atoms with Gasteiger partial charge in [-0.15, -0.1) is 0 Å². The molecule has 0 bridgehead atoms. The number of aromatic nitrogens is 2. The number of rotatable bonds is 9. The van der Waals surface area contributed by atoms with E-state index in [-0.39, 0.29) is 5.56 Å². The molecule has 1 N–H and O–H groups in total. The van der Waals surface area contributed by atoms with Crippen LogP contribution in [0.15, 0.2) is 63.9 Å². The molecule has 0 spiro atoms. The van der Waals surface area contributed by atoms with Crippen molar-refractivity contribution in [1.82, 2.24) is 9.78 Å². The first-order chi connectivity index (χ1) is 14.1. The summed E-state index contributed by atoms with van der Waals surface area (Å²) < 4.78 is 18.5. The van der Waals surface area contributed by atoms with Crippen LogP contribution in [0.4, 0.5) is 5.82 Å². The number of benzene rings is 2. The van der Waals surface area contributed by atoms with Crippen molar-refractivity contribution in [3.05, 3.63) is 75.0 Å². The lowest BCUT2D eigenvalue weighted by Gasteiger charge is -2.12. The number of nitrogens with one attached hydrogen (secondary N) is 1. The van der Waals surface area contributed by atoms with Crippen molar-refractivity contribution in [2.75, 3.05) is 32.7 Å². The van der Waals surface area contributed by atoms with E-state index in [2.05, 4.69) is 26.3 Å². The van der Waals surface area contributed by atoms with Crippen LogP contribution >= 0.6 is 15.9 Å². The summed E-state index contributed by atoms with van der Waals surface area (Å²) in [5.74, 6) is 2.70. The van der Waals surface area contributed by atoms with Crippen LogP contribution in [-0.2, 0) is 6.54 Å². The van der Waals surface area contributed by atoms with Gasteiger partial charge in [0.2, 0.25) is 0 Å². The fourth-order valence-electron chi connectivity index (χ4n) is 2.72. The van der Waals surface area contributed by atoms with Crippen LogP contribution in [0.3, 0.4) is 0 Å². The first-order valence-electron chi connectivity index (χ1n) is 9.01. The second kappa shape index (κ2) is 9.97. The van der Waals surface area contributed by atoms with Gasteiger partial charge in [-0.2, -0.15) is 5.10 Å². The predicted molar refractivity (Wildman–Crippen MR) is 115 cm³/mol. The molecule has 29 heavy (non-hydrogen) atoms. The summed E-state index contributed by atoms with van der Waals surface area (Å²) in [6.07, 6.45) is 0. The standard InChI is InChI=1S/C21H22BrN3O4/c1-27-17-8-7-15(13-16(17)22)14-25-21(26)10-9-20(24-25)23-11-12-29-19-6-4-3-5-18(19)28-2/h3-10,13H,11-12,14H2,1-2H3,(H,23,24). The Kier molecular flexibility index (Phi) is 7.13. The summed E-state index contributed by atoms with van der Waals surface area (Å²) in [4.78, 5) is 12.2. The molecule has 0 amide bonds. The highest BCUT2D eigenvalue weighted by Crippen LogP contribution is 2.26. The smallest absolute Gasteiger partial charge is 0.267 e. The second-order valence-corrected chi connectivity index (χ2v) is 6.96. The molecule has 7 nitrogen and oxygen atoms in total. The Morgan fingerprint density at radius 2 is 1.76 bits per heavy atom.